The number of ether oxygens (including phenoxy) is 1. The molecule has 1 aromatic rings. The van der Waals surface area contributed by atoms with Crippen LogP contribution in [0.2, 0.25) is 0 Å². The van der Waals surface area contributed by atoms with Crippen LogP contribution in [0.25, 0.3) is 0 Å². The Morgan fingerprint density at radius 1 is 1.38 bits per heavy atom. The van der Waals surface area contributed by atoms with E-state index in [0.717, 1.165) is 6.54 Å². The van der Waals surface area contributed by atoms with Gasteiger partial charge in [0.05, 0.1) is 0 Å². The third-order valence-corrected chi connectivity index (χ3v) is 3.80. The summed E-state index contributed by atoms with van der Waals surface area (Å²) in [5.41, 5.74) is 6.39. The van der Waals surface area contributed by atoms with E-state index in [4.69, 9.17) is 10.5 Å². The Balaban J connectivity index is 1.75. The van der Waals surface area contributed by atoms with Crippen LogP contribution >= 0.6 is 0 Å². The molecule has 21 heavy (non-hydrogen) atoms. The van der Waals surface area contributed by atoms with Crippen molar-refractivity contribution in [1.82, 2.24) is 4.90 Å². The van der Waals surface area contributed by atoms with Gasteiger partial charge in [-0.15, -0.1) is 0 Å². The van der Waals surface area contributed by atoms with Crippen LogP contribution < -0.4 is 10.5 Å². The van der Waals surface area contributed by atoms with E-state index in [-0.39, 0.29) is 0 Å². The predicted octanol–water partition coefficient (Wildman–Crippen LogP) is 2.52. The van der Waals surface area contributed by atoms with E-state index in [0.29, 0.717) is 36.5 Å². The normalized spacial score (nSPS) is 16.4. The van der Waals surface area contributed by atoms with Crippen molar-refractivity contribution in [2.75, 3.05) is 25.4 Å². The number of hydrogen-bond donors (Lipinski definition) is 2. The van der Waals surface area contributed by atoms with Gasteiger partial charge in [0, 0.05) is 24.3 Å². The third-order valence-electron chi connectivity index (χ3n) is 3.80. The highest BCUT2D eigenvalue weighted by Crippen LogP contribution is 2.27. The Morgan fingerprint density at radius 2 is 2.14 bits per heavy atom. The van der Waals surface area contributed by atoms with Gasteiger partial charge in [-0.25, -0.2) is 0 Å². The quantitative estimate of drug-likeness (QED) is 0.687. The van der Waals surface area contributed by atoms with Crippen molar-refractivity contribution < 1.29 is 9.84 Å². The second kappa shape index (κ2) is 7.66. The van der Waals surface area contributed by atoms with Gasteiger partial charge in [0.2, 0.25) is 0 Å². The van der Waals surface area contributed by atoms with Crippen LogP contribution in [0.5, 0.6) is 5.75 Å². The molecule has 1 fully saturated rings. The summed E-state index contributed by atoms with van der Waals surface area (Å²) in [6.07, 6.45) is 3.25. The summed E-state index contributed by atoms with van der Waals surface area (Å²) in [6.45, 7) is 6.56. The first kappa shape index (κ1) is 16.1. The molecule has 0 saturated heterocycles. The Hall–Kier alpha value is -1.26. The lowest BCUT2D eigenvalue weighted by molar-refractivity contribution is 0.0637. The molecule has 4 heteroatoms. The summed E-state index contributed by atoms with van der Waals surface area (Å²) in [7, 11) is 0. The van der Waals surface area contributed by atoms with Crippen LogP contribution in [0.4, 0.5) is 5.69 Å². The van der Waals surface area contributed by atoms with E-state index in [2.05, 4.69) is 18.7 Å². The standard InChI is InChI=1S/C17H28N2O2/c1-13(2)8-9-19(15-6-7-15)11-16(20)12-21-17-5-3-4-14(18)10-17/h3-5,10,13,15-16,20H,6-9,11-12,18H2,1-2H3. The number of rotatable bonds is 9. The van der Waals surface area contributed by atoms with E-state index < -0.39 is 6.10 Å². The highest BCUT2D eigenvalue weighted by Gasteiger charge is 2.30. The Morgan fingerprint density at radius 3 is 2.76 bits per heavy atom. The van der Waals surface area contributed by atoms with Gasteiger partial charge < -0.3 is 15.6 Å². The number of nitrogens with zero attached hydrogens (tertiary/aromatic N) is 1. The van der Waals surface area contributed by atoms with Gasteiger partial charge >= 0.3 is 0 Å². The average Bonchev–Trinajstić information content (AvgIpc) is 3.25. The minimum Gasteiger partial charge on any atom is -0.491 e. The Bertz CT molecular complexity index is 433. The van der Waals surface area contributed by atoms with Crippen molar-refractivity contribution in [3.63, 3.8) is 0 Å². The number of nitrogens with two attached hydrogens (primary N) is 1. The molecule has 0 amide bonds. The summed E-state index contributed by atoms with van der Waals surface area (Å²) in [6, 6.07) is 8.00. The molecule has 1 aromatic carbocycles. The fraction of sp³-hybridized carbons (Fsp3) is 0.647. The first-order valence-electron chi connectivity index (χ1n) is 7.95. The lowest BCUT2D eigenvalue weighted by atomic mass is 10.1. The van der Waals surface area contributed by atoms with Gasteiger partial charge in [-0.1, -0.05) is 19.9 Å². The van der Waals surface area contributed by atoms with Crippen molar-refractivity contribution >= 4 is 5.69 Å². The highest BCUT2D eigenvalue weighted by atomic mass is 16.5. The van der Waals surface area contributed by atoms with Crippen LogP contribution in [0.15, 0.2) is 24.3 Å². The Kier molecular flexibility index (Phi) is 5.88. The molecule has 0 spiro atoms. The topological polar surface area (TPSA) is 58.7 Å². The fourth-order valence-corrected chi connectivity index (χ4v) is 2.41. The van der Waals surface area contributed by atoms with Crippen molar-refractivity contribution in [3.05, 3.63) is 24.3 Å². The number of hydrogen-bond acceptors (Lipinski definition) is 4. The van der Waals surface area contributed by atoms with Gasteiger partial charge in [-0.05, 0) is 43.9 Å². The van der Waals surface area contributed by atoms with Crippen molar-refractivity contribution in [2.45, 2.75) is 45.3 Å². The lowest BCUT2D eigenvalue weighted by Gasteiger charge is -2.25. The van der Waals surface area contributed by atoms with Crippen LogP contribution in [-0.2, 0) is 0 Å². The molecule has 4 nitrogen and oxygen atoms in total. The van der Waals surface area contributed by atoms with Gasteiger partial charge in [-0.3, -0.25) is 4.90 Å². The van der Waals surface area contributed by atoms with Crippen LogP contribution in [0, 0.1) is 5.92 Å². The van der Waals surface area contributed by atoms with Gasteiger partial charge in [0.15, 0.2) is 0 Å². The number of anilines is 1. The van der Waals surface area contributed by atoms with E-state index in [1.165, 1.54) is 19.3 Å². The highest BCUT2D eigenvalue weighted by molar-refractivity contribution is 5.43. The van der Waals surface area contributed by atoms with Gasteiger partial charge in [0.1, 0.15) is 18.5 Å². The second-order valence-corrected chi connectivity index (χ2v) is 6.45. The molecule has 0 aromatic heterocycles. The van der Waals surface area contributed by atoms with E-state index in [1.807, 2.05) is 18.2 Å². The molecule has 1 saturated carbocycles. The maximum absolute atomic E-state index is 10.2. The summed E-state index contributed by atoms with van der Waals surface area (Å²) in [5, 5.41) is 10.2. The zero-order valence-electron chi connectivity index (χ0n) is 13.2. The minimum absolute atomic E-state index is 0.314. The summed E-state index contributed by atoms with van der Waals surface area (Å²) >= 11 is 0. The largest absolute Gasteiger partial charge is 0.491 e. The number of aliphatic hydroxyl groups is 1. The van der Waals surface area contributed by atoms with E-state index >= 15 is 0 Å². The second-order valence-electron chi connectivity index (χ2n) is 6.45. The molecule has 1 atom stereocenters. The third kappa shape index (κ3) is 5.94. The molecule has 3 N–H and O–H groups in total. The van der Waals surface area contributed by atoms with E-state index in [9.17, 15) is 5.11 Å². The van der Waals surface area contributed by atoms with E-state index in [1.54, 1.807) is 6.07 Å². The molecular formula is C17H28N2O2. The monoisotopic (exact) mass is 292 g/mol. The first-order valence-corrected chi connectivity index (χ1v) is 7.95. The molecule has 2 rings (SSSR count). The summed E-state index contributed by atoms with van der Waals surface area (Å²) in [5.74, 6) is 1.42. The number of nitrogen functional groups attached to an aromatic ring is 1. The smallest absolute Gasteiger partial charge is 0.121 e. The molecule has 0 radical (unpaired) electrons. The molecule has 1 aliphatic rings. The number of aliphatic hydroxyl groups excluding tert-OH is 1. The molecule has 1 aliphatic carbocycles. The summed E-state index contributed by atoms with van der Waals surface area (Å²) < 4.78 is 5.62. The van der Waals surface area contributed by atoms with Crippen molar-refractivity contribution in [3.8, 4) is 5.75 Å². The van der Waals surface area contributed by atoms with Crippen molar-refractivity contribution in [2.24, 2.45) is 5.92 Å². The molecule has 118 valence electrons. The molecule has 1 unspecified atom stereocenters. The summed E-state index contributed by atoms with van der Waals surface area (Å²) in [4.78, 5) is 2.41. The maximum atomic E-state index is 10.2. The molecular weight excluding hydrogens is 264 g/mol. The Labute approximate surface area is 127 Å². The van der Waals surface area contributed by atoms with Crippen molar-refractivity contribution in [1.29, 1.82) is 0 Å². The first-order chi connectivity index (χ1) is 10.0. The molecule has 0 heterocycles. The zero-order valence-corrected chi connectivity index (χ0v) is 13.2. The van der Waals surface area contributed by atoms with Crippen LogP contribution in [-0.4, -0.2) is 41.8 Å². The van der Waals surface area contributed by atoms with Gasteiger partial charge in [-0.2, -0.15) is 0 Å². The SMILES string of the molecule is CC(C)CCN(CC(O)COc1cccc(N)c1)C1CC1. The maximum Gasteiger partial charge on any atom is 0.121 e. The average molecular weight is 292 g/mol. The molecule has 0 bridgehead atoms. The van der Waals surface area contributed by atoms with Gasteiger partial charge in [0.25, 0.3) is 0 Å². The van der Waals surface area contributed by atoms with Crippen LogP contribution in [0.1, 0.15) is 33.1 Å². The predicted molar refractivity (Wildman–Crippen MR) is 86.4 cm³/mol. The number of benzene rings is 1. The minimum atomic E-state index is -0.459. The fourth-order valence-electron chi connectivity index (χ4n) is 2.41. The van der Waals surface area contributed by atoms with Crippen LogP contribution in [0.3, 0.4) is 0 Å². The zero-order chi connectivity index (χ0) is 15.2. The lowest BCUT2D eigenvalue weighted by Crippen LogP contribution is -2.38. The molecule has 0 aliphatic heterocycles.